The van der Waals surface area contributed by atoms with Crippen LogP contribution in [0.2, 0.25) is 0 Å². The van der Waals surface area contributed by atoms with Crippen LogP contribution in [-0.4, -0.2) is 23.0 Å². The van der Waals surface area contributed by atoms with Crippen LogP contribution in [-0.2, 0) is 19.1 Å². The van der Waals surface area contributed by atoms with E-state index in [4.69, 9.17) is 5.11 Å². The third kappa shape index (κ3) is 4.73. The van der Waals surface area contributed by atoms with Gasteiger partial charge in [0.05, 0.1) is 0 Å². The molecule has 0 aliphatic rings. The van der Waals surface area contributed by atoms with E-state index in [1.807, 2.05) is 0 Å². The van der Waals surface area contributed by atoms with Crippen LogP contribution in [0.25, 0.3) is 0 Å². The van der Waals surface area contributed by atoms with E-state index in [0.717, 1.165) is 6.08 Å². The average molecular weight is 186 g/mol. The van der Waals surface area contributed by atoms with Crippen LogP contribution < -0.4 is 0 Å². The molecule has 0 atom stereocenters. The van der Waals surface area contributed by atoms with Crippen molar-refractivity contribution in [2.24, 2.45) is 0 Å². The van der Waals surface area contributed by atoms with Crippen molar-refractivity contribution in [1.29, 1.82) is 0 Å². The largest absolute Gasteiger partial charge is 0.478 e. The van der Waals surface area contributed by atoms with Crippen molar-refractivity contribution < 1.29 is 24.2 Å². The summed E-state index contributed by atoms with van der Waals surface area (Å²) in [6.07, 6.45) is 0.835. The van der Waals surface area contributed by atoms with Crippen LogP contribution in [0.15, 0.2) is 11.6 Å². The van der Waals surface area contributed by atoms with Gasteiger partial charge in [-0.1, -0.05) is 6.92 Å². The molecule has 0 heterocycles. The van der Waals surface area contributed by atoms with Gasteiger partial charge in [0.2, 0.25) is 0 Å². The zero-order chi connectivity index (χ0) is 10.4. The Hall–Kier alpha value is -1.65. The molecule has 0 amide bonds. The monoisotopic (exact) mass is 186 g/mol. The fourth-order valence-corrected chi connectivity index (χ4v) is 0.452. The lowest BCUT2D eigenvalue weighted by atomic mass is 10.3. The van der Waals surface area contributed by atoms with E-state index < -0.39 is 17.9 Å². The van der Waals surface area contributed by atoms with Crippen molar-refractivity contribution in [2.75, 3.05) is 0 Å². The number of carboxylic acid groups (broad SMARTS) is 1. The summed E-state index contributed by atoms with van der Waals surface area (Å²) in [6, 6.07) is 0. The molecule has 0 spiro atoms. The highest BCUT2D eigenvalue weighted by molar-refractivity contribution is 5.98. The molecule has 0 aromatic rings. The molecule has 1 N–H and O–H groups in total. The molecule has 0 rings (SSSR count). The summed E-state index contributed by atoms with van der Waals surface area (Å²) in [6.45, 7) is 2.77. The van der Waals surface area contributed by atoms with Crippen LogP contribution in [0.3, 0.4) is 0 Å². The van der Waals surface area contributed by atoms with Gasteiger partial charge in [-0.2, -0.15) is 0 Å². The Kier molecular flexibility index (Phi) is 4.43. The van der Waals surface area contributed by atoms with E-state index in [9.17, 15) is 14.4 Å². The zero-order valence-electron chi connectivity index (χ0n) is 7.36. The molecule has 0 aliphatic heterocycles. The Labute approximate surface area is 75.0 Å². The minimum Gasteiger partial charge on any atom is -0.478 e. The molecule has 13 heavy (non-hydrogen) atoms. The highest BCUT2D eigenvalue weighted by Gasteiger charge is 2.08. The normalized spacial score (nSPS) is 10.8. The van der Waals surface area contributed by atoms with E-state index in [1.165, 1.54) is 13.8 Å². The van der Waals surface area contributed by atoms with Crippen molar-refractivity contribution in [1.82, 2.24) is 0 Å². The molecule has 0 saturated heterocycles. The van der Waals surface area contributed by atoms with Gasteiger partial charge in [0.15, 0.2) is 0 Å². The Bertz CT molecular complexity index is 264. The Morgan fingerprint density at radius 3 is 2.31 bits per heavy atom. The summed E-state index contributed by atoms with van der Waals surface area (Å²) in [5, 5.41) is 8.36. The number of carbonyl (C=O) groups is 3. The Balaban J connectivity index is 4.23. The summed E-state index contributed by atoms with van der Waals surface area (Å²) < 4.78 is 4.20. The third-order valence-corrected chi connectivity index (χ3v) is 1.17. The molecular formula is C8H10O5. The van der Waals surface area contributed by atoms with Gasteiger partial charge in [0.1, 0.15) is 0 Å². The molecule has 0 aromatic carbocycles. The predicted octanol–water partition coefficient (Wildman–Crippen LogP) is 0.497. The SMILES string of the molecule is CCC(=O)OC(=O)C=C(C)C(=O)O. The number of aliphatic carboxylic acids is 1. The lowest BCUT2D eigenvalue weighted by Gasteiger charge is -1.96. The van der Waals surface area contributed by atoms with Crippen molar-refractivity contribution in [3.63, 3.8) is 0 Å². The number of esters is 2. The molecule has 0 fully saturated rings. The van der Waals surface area contributed by atoms with Gasteiger partial charge in [-0.25, -0.2) is 9.59 Å². The van der Waals surface area contributed by atoms with E-state index in [1.54, 1.807) is 0 Å². The van der Waals surface area contributed by atoms with Crippen LogP contribution in [0, 0.1) is 0 Å². The molecule has 5 nitrogen and oxygen atoms in total. The molecule has 0 unspecified atom stereocenters. The van der Waals surface area contributed by atoms with Crippen LogP contribution >= 0.6 is 0 Å². The number of carboxylic acids is 1. The predicted molar refractivity (Wildman–Crippen MR) is 42.8 cm³/mol. The maximum atomic E-state index is 10.7. The van der Waals surface area contributed by atoms with Gasteiger partial charge in [-0.3, -0.25) is 4.79 Å². The number of rotatable bonds is 3. The second kappa shape index (κ2) is 5.08. The molecule has 0 bridgehead atoms. The number of carbonyl (C=O) groups excluding carboxylic acids is 2. The lowest BCUT2D eigenvalue weighted by molar-refractivity contribution is -0.156. The molecular weight excluding hydrogens is 176 g/mol. The van der Waals surface area contributed by atoms with Gasteiger partial charge in [0.25, 0.3) is 0 Å². The second-order valence-corrected chi connectivity index (χ2v) is 2.28. The fraction of sp³-hybridized carbons (Fsp3) is 0.375. The van der Waals surface area contributed by atoms with Gasteiger partial charge in [-0.15, -0.1) is 0 Å². The number of hydrogen-bond donors (Lipinski definition) is 1. The van der Waals surface area contributed by atoms with Crippen LogP contribution in [0.1, 0.15) is 20.3 Å². The summed E-state index contributed by atoms with van der Waals surface area (Å²) in [5.41, 5.74) is -0.172. The molecule has 0 aliphatic carbocycles. The van der Waals surface area contributed by atoms with Gasteiger partial charge < -0.3 is 9.84 Å². The summed E-state index contributed by atoms with van der Waals surface area (Å²) in [4.78, 5) is 31.5. The maximum absolute atomic E-state index is 10.7. The third-order valence-electron chi connectivity index (χ3n) is 1.17. The van der Waals surface area contributed by atoms with Crippen LogP contribution in [0.5, 0.6) is 0 Å². The first-order valence-electron chi connectivity index (χ1n) is 3.63. The van der Waals surface area contributed by atoms with Crippen molar-refractivity contribution in [3.8, 4) is 0 Å². The smallest absolute Gasteiger partial charge is 0.338 e. The first-order valence-corrected chi connectivity index (χ1v) is 3.63. The van der Waals surface area contributed by atoms with Gasteiger partial charge in [-0.05, 0) is 6.92 Å². The van der Waals surface area contributed by atoms with Crippen LogP contribution in [0.4, 0.5) is 0 Å². The lowest BCUT2D eigenvalue weighted by Crippen LogP contribution is -2.10. The second-order valence-electron chi connectivity index (χ2n) is 2.28. The average Bonchev–Trinajstić information content (AvgIpc) is 2.03. The first kappa shape index (κ1) is 11.4. The summed E-state index contributed by atoms with van der Waals surface area (Å²) in [5.74, 6) is -2.85. The van der Waals surface area contributed by atoms with Crippen molar-refractivity contribution in [3.05, 3.63) is 11.6 Å². The zero-order valence-corrected chi connectivity index (χ0v) is 7.36. The quantitative estimate of drug-likeness (QED) is 0.394. The standard InChI is InChI=1S/C8H10O5/c1-3-6(9)13-7(10)4-5(2)8(11)12/h4H,3H2,1-2H3,(H,11,12). The molecule has 0 aromatic heterocycles. The fourth-order valence-electron chi connectivity index (χ4n) is 0.452. The highest BCUT2D eigenvalue weighted by atomic mass is 16.6. The summed E-state index contributed by atoms with van der Waals surface area (Å²) >= 11 is 0. The highest BCUT2D eigenvalue weighted by Crippen LogP contribution is 1.94. The van der Waals surface area contributed by atoms with E-state index in [-0.39, 0.29) is 12.0 Å². The molecule has 0 saturated carbocycles. The van der Waals surface area contributed by atoms with Gasteiger partial charge in [0, 0.05) is 18.1 Å². The number of hydrogen-bond acceptors (Lipinski definition) is 4. The van der Waals surface area contributed by atoms with E-state index in [0.29, 0.717) is 0 Å². The maximum Gasteiger partial charge on any atom is 0.338 e. The Morgan fingerprint density at radius 2 is 1.92 bits per heavy atom. The molecule has 5 heteroatoms. The minimum absolute atomic E-state index is 0.0751. The van der Waals surface area contributed by atoms with E-state index in [2.05, 4.69) is 4.74 Å². The Morgan fingerprint density at radius 1 is 1.38 bits per heavy atom. The summed E-state index contributed by atoms with van der Waals surface area (Å²) in [7, 11) is 0. The number of ether oxygens (including phenoxy) is 1. The molecule has 72 valence electrons. The van der Waals surface area contributed by atoms with Crippen molar-refractivity contribution in [2.45, 2.75) is 20.3 Å². The minimum atomic E-state index is -1.22. The van der Waals surface area contributed by atoms with E-state index >= 15 is 0 Å². The van der Waals surface area contributed by atoms with Gasteiger partial charge >= 0.3 is 17.9 Å². The first-order chi connectivity index (χ1) is 5.97. The topological polar surface area (TPSA) is 80.7 Å². The van der Waals surface area contributed by atoms with Crippen molar-refractivity contribution >= 4 is 17.9 Å². The molecule has 0 radical (unpaired) electrons.